The maximum Gasteiger partial charge on any atom is 0.266 e. The largest absolute Gasteiger partial charge is 0.481 e. The van der Waals surface area contributed by atoms with Crippen LogP contribution in [0.15, 0.2) is 60.2 Å². The number of hydrogen-bond donors (Lipinski definition) is 2. The van der Waals surface area contributed by atoms with E-state index in [4.69, 9.17) is 27.9 Å². The third-order valence-corrected chi connectivity index (χ3v) is 5.67. The summed E-state index contributed by atoms with van der Waals surface area (Å²) in [5, 5.41) is 15.2. The molecule has 35 heavy (non-hydrogen) atoms. The maximum atomic E-state index is 12.5. The smallest absolute Gasteiger partial charge is 0.266 e. The van der Waals surface area contributed by atoms with Crippen LogP contribution in [0, 0.1) is 32.1 Å². The number of hydrogen-bond acceptors (Lipinski definition) is 4. The molecule has 2 amide bonds. The fourth-order valence-corrected chi connectivity index (χ4v) is 3.80. The highest BCUT2D eigenvalue weighted by Crippen LogP contribution is 2.35. The Morgan fingerprint density at radius 3 is 2.26 bits per heavy atom. The minimum absolute atomic E-state index is 0.125. The summed E-state index contributed by atoms with van der Waals surface area (Å²) in [7, 11) is 0. The first kappa shape index (κ1) is 25.8. The first-order chi connectivity index (χ1) is 16.7. The quantitative estimate of drug-likeness (QED) is 0.282. The van der Waals surface area contributed by atoms with E-state index in [1.54, 1.807) is 18.2 Å². The first-order valence-electron chi connectivity index (χ1n) is 10.6. The van der Waals surface area contributed by atoms with Crippen LogP contribution in [0.5, 0.6) is 5.75 Å². The van der Waals surface area contributed by atoms with E-state index in [0.29, 0.717) is 16.9 Å². The molecule has 0 aromatic heterocycles. The van der Waals surface area contributed by atoms with Crippen molar-refractivity contribution < 1.29 is 14.3 Å². The number of amides is 2. The molecule has 8 heteroatoms. The molecule has 0 aliphatic heterocycles. The SMILES string of the molecule is Cc1cccc(NC(=O)/C(C#N)=C/c2cc(Cl)c(OCC(=O)Nc3ccc(C)c(C)c3)c(Cl)c2)c1. The van der Waals surface area contributed by atoms with Crippen LogP contribution in [0.2, 0.25) is 10.0 Å². The molecular weight excluding hydrogens is 485 g/mol. The topological polar surface area (TPSA) is 91.2 Å². The van der Waals surface area contributed by atoms with Gasteiger partial charge in [0.15, 0.2) is 12.4 Å². The Bertz CT molecular complexity index is 1340. The molecule has 178 valence electrons. The van der Waals surface area contributed by atoms with Gasteiger partial charge >= 0.3 is 0 Å². The van der Waals surface area contributed by atoms with Crippen molar-refractivity contribution in [1.29, 1.82) is 5.26 Å². The standard InChI is InChI=1S/C27H23Cl2N3O3/c1-16-5-4-6-21(9-16)32-27(34)20(14-30)11-19-12-23(28)26(24(29)13-19)35-15-25(33)31-22-8-7-17(2)18(3)10-22/h4-13H,15H2,1-3H3,(H,31,33)(H,32,34)/b20-11+. The number of rotatable bonds is 7. The van der Waals surface area contributed by atoms with Crippen molar-refractivity contribution in [3.05, 3.63) is 92.5 Å². The zero-order valence-corrected chi connectivity index (χ0v) is 20.9. The summed E-state index contributed by atoms with van der Waals surface area (Å²) in [6.07, 6.45) is 1.37. The number of carbonyl (C=O) groups excluding carboxylic acids is 2. The van der Waals surface area contributed by atoms with Crippen molar-refractivity contribution in [3.8, 4) is 11.8 Å². The second kappa shape index (κ2) is 11.6. The van der Waals surface area contributed by atoms with Gasteiger partial charge in [0.2, 0.25) is 0 Å². The number of nitriles is 1. The second-order valence-electron chi connectivity index (χ2n) is 7.94. The monoisotopic (exact) mass is 507 g/mol. The lowest BCUT2D eigenvalue weighted by atomic mass is 10.1. The molecule has 0 spiro atoms. The van der Waals surface area contributed by atoms with Crippen LogP contribution < -0.4 is 15.4 Å². The average Bonchev–Trinajstić information content (AvgIpc) is 2.79. The van der Waals surface area contributed by atoms with Crippen molar-refractivity contribution >= 4 is 52.5 Å². The molecule has 0 unspecified atom stereocenters. The van der Waals surface area contributed by atoms with Gasteiger partial charge in [-0.15, -0.1) is 0 Å². The molecule has 3 rings (SSSR count). The first-order valence-corrected chi connectivity index (χ1v) is 11.4. The van der Waals surface area contributed by atoms with Gasteiger partial charge in [-0.3, -0.25) is 9.59 Å². The fraction of sp³-hybridized carbons (Fsp3) is 0.148. The Hall–Kier alpha value is -3.79. The number of nitrogens with zero attached hydrogens (tertiary/aromatic N) is 1. The van der Waals surface area contributed by atoms with Crippen LogP contribution >= 0.6 is 23.2 Å². The van der Waals surface area contributed by atoms with E-state index in [2.05, 4.69) is 10.6 Å². The number of ether oxygens (including phenoxy) is 1. The predicted octanol–water partition coefficient (Wildman–Crippen LogP) is 6.48. The van der Waals surface area contributed by atoms with E-state index >= 15 is 0 Å². The van der Waals surface area contributed by atoms with Crippen LogP contribution in [0.1, 0.15) is 22.3 Å². The van der Waals surface area contributed by atoms with Crippen LogP contribution in [0.25, 0.3) is 6.08 Å². The Labute approximate surface area is 214 Å². The fourth-order valence-electron chi connectivity index (χ4n) is 3.19. The van der Waals surface area contributed by atoms with Gasteiger partial charge in [-0.2, -0.15) is 5.26 Å². The molecule has 3 aromatic rings. The highest BCUT2D eigenvalue weighted by atomic mass is 35.5. The molecule has 0 atom stereocenters. The number of anilines is 2. The summed E-state index contributed by atoms with van der Waals surface area (Å²) in [6.45, 7) is 5.55. The van der Waals surface area contributed by atoms with Gasteiger partial charge < -0.3 is 15.4 Å². The molecule has 0 aliphatic carbocycles. The third-order valence-electron chi connectivity index (χ3n) is 5.11. The Kier molecular flexibility index (Phi) is 8.53. The number of carbonyl (C=O) groups is 2. The molecule has 0 aliphatic rings. The van der Waals surface area contributed by atoms with Crippen molar-refractivity contribution in [2.24, 2.45) is 0 Å². The molecule has 2 N–H and O–H groups in total. The number of aryl methyl sites for hydroxylation is 3. The van der Waals surface area contributed by atoms with Gasteiger partial charge in [-0.25, -0.2) is 0 Å². The van der Waals surface area contributed by atoms with Crippen molar-refractivity contribution in [1.82, 2.24) is 0 Å². The molecule has 0 heterocycles. The minimum Gasteiger partial charge on any atom is -0.481 e. The van der Waals surface area contributed by atoms with Gasteiger partial charge in [0.25, 0.3) is 11.8 Å². The van der Waals surface area contributed by atoms with E-state index in [0.717, 1.165) is 16.7 Å². The Balaban J connectivity index is 1.69. The number of halogens is 2. The van der Waals surface area contributed by atoms with Gasteiger partial charge in [-0.1, -0.05) is 41.4 Å². The van der Waals surface area contributed by atoms with Crippen LogP contribution in [-0.2, 0) is 9.59 Å². The second-order valence-corrected chi connectivity index (χ2v) is 8.76. The van der Waals surface area contributed by atoms with Gasteiger partial charge in [0.1, 0.15) is 11.6 Å². The summed E-state index contributed by atoms with van der Waals surface area (Å²) in [5.74, 6) is -0.805. The highest BCUT2D eigenvalue weighted by Gasteiger charge is 2.14. The van der Waals surface area contributed by atoms with E-state index in [1.807, 2.05) is 51.1 Å². The van der Waals surface area contributed by atoms with Crippen molar-refractivity contribution in [2.45, 2.75) is 20.8 Å². The van der Waals surface area contributed by atoms with Crippen molar-refractivity contribution in [2.75, 3.05) is 17.2 Å². The van der Waals surface area contributed by atoms with Crippen molar-refractivity contribution in [3.63, 3.8) is 0 Å². The van der Waals surface area contributed by atoms with Gasteiger partial charge in [0, 0.05) is 11.4 Å². The zero-order valence-electron chi connectivity index (χ0n) is 19.4. The maximum absolute atomic E-state index is 12.5. The van der Waals surface area contributed by atoms with Crippen LogP contribution in [-0.4, -0.2) is 18.4 Å². The van der Waals surface area contributed by atoms with Gasteiger partial charge in [-0.05, 0) is 85.5 Å². The van der Waals surface area contributed by atoms with Crippen LogP contribution in [0.3, 0.4) is 0 Å². The zero-order chi connectivity index (χ0) is 25.5. The summed E-state index contributed by atoms with van der Waals surface area (Å²) in [4.78, 5) is 24.8. The molecule has 6 nitrogen and oxygen atoms in total. The van der Waals surface area contributed by atoms with Gasteiger partial charge in [0.05, 0.1) is 10.0 Å². The molecule has 3 aromatic carbocycles. The lowest BCUT2D eigenvalue weighted by Gasteiger charge is -2.12. The molecule has 0 radical (unpaired) electrons. The molecular formula is C27H23Cl2N3O3. The minimum atomic E-state index is -0.561. The normalized spacial score (nSPS) is 10.9. The van der Waals surface area contributed by atoms with E-state index in [1.165, 1.54) is 18.2 Å². The summed E-state index contributed by atoms with van der Waals surface area (Å²) in [6, 6.07) is 17.7. The summed E-state index contributed by atoms with van der Waals surface area (Å²) < 4.78 is 5.54. The molecule has 0 bridgehead atoms. The lowest BCUT2D eigenvalue weighted by Crippen LogP contribution is -2.20. The average molecular weight is 508 g/mol. The molecule has 0 saturated heterocycles. The van der Waals surface area contributed by atoms with E-state index in [-0.39, 0.29) is 33.9 Å². The molecule has 0 fully saturated rings. The third kappa shape index (κ3) is 7.10. The lowest BCUT2D eigenvalue weighted by molar-refractivity contribution is -0.118. The predicted molar refractivity (Wildman–Crippen MR) is 140 cm³/mol. The molecule has 0 saturated carbocycles. The van der Waals surface area contributed by atoms with Crippen LogP contribution in [0.4, 0.5) is 11.4 Å². The number of nitrogens with one attached hydrogen (secondary N) is 2. The highest BCUT2D eigenvalue weighted by molar-refractivity contribution is 6.37. The van der Waals surface area contributed by atoms with E-state index in [9.17, 15) is 14.9 Å². The Morgan fingerprint density at radius 2 is 1.63 bits per heavy atom. The summed E-state index contributed by atoms with van der Waals surface area (Å²) >= 11 is 12.6. The number of benzene rings is 3. The summed E-state index contributed by atoms with van der Waals surface area (Å²) in [5.41, 5.74) is 4.70. The Morgan fingerprint density at radius 1 is 0.943 bits per heavy atom. The van der Waals surface area contributed by atoms with E-state index < -0.39 is 5.91 Å².